The Bertz CT molecular complexity index is 740. The largest absolute Gasteiger partial charge is 0.352 e. The molecule has 0 aliphatic rings. The van der Waals surface area contributed by atoms with Gasteiger partial charge in [0.15, 0.2) is 0 Å². The topological polar surface area (TPSA) is 49.4 Å². The molecule has 0 atom stereocenters. The van der Waals surface area contributed by atoms with Crippen molar-refractivity contribution in [2.24, 2.45) is 0 Å². The Morgan fingerprint density at radius 3 is 2.19 bits per heavy atom. The van der Waals surface area contributed by atoms with E-state index in [2.05, 4.69) is 19.2 Å². The molecule has 2 aromatic rings. The number of carbonyl (C=O) groups is 2. The van der Waals surface area contributed by atoms with Gasteiger partial charge in [-0.15, -0.1) is 0 Å². The van der Waals surface area contributed by atoms with Crippen molar-refractivity contribution in [2.45, 2.75) is 39.7 Å². The fourth-order valence-corrected chi connectivity index (χ4v) is 2.61. The highest BCUT2D eigenvalue weighted by Crippen LogP contribution is 2.20. The predicted molar refractivity (Wildman–Crippen MR) is 101 cm³/mol. The van der Waals surface area contributed by atoms with Crippen molar-refractivity contribution in [3.8, 4) is 0 Å². The van der Waals surface area contributed by atoms with E-state index in [9.17, 15) is 14.0 Å². The predicted octanol–water partition coefficient (Wildman–Crippen LogP) is 4.01. The van der Waals surface area contributed by atoms with Crippen LogP contribution in [0, 0.1) is 5.82 Å². The monoisotopic (exact) mass is 356 g/mol. The number of nitrogens with one attached hydrogen (secondary N) is 1. The fourth-order valence-electron chi connectivity index (χ4n) is 2.61. The van der Waals surface area contributed by atoms with Crippen LogP contribution in [0.4, 0.5) is 10.1 Å². The Morgan fingerprint density at radius 1 is 1.04 bits per heavy atom. The minimum absolute atomic E-state index is 0.103. The van der Waals surface area contributed by atoms with E-state index >= 15 is 0 Å². The second-order valence-corrected chi connectivity index (χ2v) is 6.57. The first-order valence-corrected chi connectivity index (χ1v) is 8.76. The summed E-state index contributed by atoms with van der Waals surface area (Å²) in [5, 5.41) is 2.79. The van der Waals surface area contributed by atoms with Crippen LogP contribution in [0.15, 0.2) is 48.5 Å². The van der Waals surface area contributed by atoms with Gasteiger partial charge in [-0.2, -0.15) is 0 Å². The van der Waals surface area contributed by atoms with E-state index in [0.717, 1.165) is 11.3 Å². The lowest BCUT2D eigenvalue weighted by Gasteiger charge is -2.21. The van der Waals surface area contributed by atoms with Crippen molar-refractivity contribution in [2.75, 3.05) is 11.4 Å². The average Bonchev–Trinajstić information content (AvgIpc) is 2.61. The fraction of sp³-hybridized carbons (Fsp3) is 0.333. The molecule has 0 fully saturated rings. The molecule has 0 heterocycles. The van der Waals surface area contributed by atoms with Crippen LogP contribution in [0.3, 0.4) is 0 Å². The Kier molecular flexibility index (Phi) is 6.89. The van der Waals surface area contributed by atoms with E-state index in [1.54, 1.807) is 17.0 Å². The zero-order chi connectivity index (χ0) is 19.1. The third-order valence-corrected chi connectivity index (χ3v) is 4.22. The van der Waals surface area contributed by atoms with Crippen molar-refractivity contribution in [3.05, 3.63) is 65.5 Å². The van der Waals surface area contributed by atoms with Gasteiger partial charge in [-0.3, -0.25) is 9.59 Å². The number of benzene rings is 2. The van der Waals surface area contributed by atoms with Crippen LogP contribution in [0.25, 0.3) is 0 Å². The first-order chi connectivity index (χ1) is 12.4. The molecule has 2 aromatic carbocycles. The van der Waals surface area contributed by atoms with Gasteiger partial charge >= 0.3 is 0 Å². The first kappa shape index (κ1) is 19.6. The summed E-state index contributed by atoms with van der Waals surface area (Å²) in [4.78, 5) is 25.6. The van der Waals surface area contributed by atoms with Crippen molar-refractivity contribution >= 4 is 17.5 Å². The zero-order valence-electron chi connectivity index (χ0n) is 15.5. The summed E-state index contributed by atoms with van der Waals surface area (Å²) in [7, 11) is 0. The summed E-state index contributed by atoms with van der Waals surface area (Å²) in [6.07, 6.45) is 0.201. The highest BCUT2D eigenvalue weighted by Gasteiger charge is 2.14. The molecule has 0 bridgehead atoms. The number of nitrogens with zero attached hydrogens (tertiary/aromatic N) is 1. The Labute approximate surface area is 154 Å². The summed E-state index contributed by atoms with van der Waals surface area (Å²) in [6, 6.07) is 13.8. The number of rotatable bonds is 7. The molecule has 0 aliphatic heterocycles. The third-order valence-electron chi connectivity index (χ3n) is 4.22. The Hall–Kier alpha value is -2.69. The van der Waals surface area contributed by atoms with E-state index in [-0.39, 0.29) is 24.1 Å². The summed E-state index contributed by atoms with van der Waals surface area (Å²) >= 11 is 0. The van der Waals surface area contributed by atoms with Crippen LogP contribution in [0.5, 0.6) is 0 Å². The lowest BCUT2D eigenvalue weighted by atomic mass is 10.0. The molecular formula is C21H25FN2O2. The van der Waals surface area contributed by atoms with E-state index < -0.39 is 0 Å². The third kappa shape index (κ3) is 5.69. The smallest absolute Gasteiger partial charge is 0.223 e. The molecule has 1 N–H and O–H groups in total. The molecule has 0 spiro atoms. The van der Waals surface area contributed by atoms with E-state index in [1.165, 1.54) is 24.6 Å². The van der Waals surface area contributed by atoms with Gasteiger partial charge in [0.1, 0.15) is 5.82 Å². The molecular weight excluding hydrogens is 331 g/mol. The SMILES string of the molecule is CC(=O)N(CCC(=O)NCc1ccc(F)cc1)c1ccc(C(C)C)cc1. The quantitative estimate of drug-likeness (QED) is 0.815. The van der Waals surface area contributed by atoms with Crippen LogP contribution < -0.4 is 10.2 Å². The van der Waals surface area contributed by atoms with Gasteiger partial charge in [-0.25, -0.2) is 4.39 Å². The second kappa shape index (κ2) is 9.13. The molecule has 0 unspecified atom stereocenters. The van der Waals surface area contributed by atoms with Crippen LogP contribution in [0.1, 0.15) is 44.2 Å². The van der Waals surface area contributed by atoms with Crippen LogP contribution in [-0.2, 0) is 16.1 Å². The lowest BCUT2D eigenvalue weighted by molar-refractivity contribution is -0.121. The van der Waals surface area contributed by atoms with Crippen molar-refractivity contribution in [1.82, 2.24) is 5.32 Å². The maximum absolute atomic E-state index is 12.9. The van der Waals surface area contributed by atoms with Crippen LogP contribution >= 0.6 is 0 Å². The van der Waals surface area contributed by atoms with E-state index in [4.69, 9.17) is 0 Å². The molecule has 2 amide bonds. The second-order valence-electron chi connectivity index (χ2n) is 6.57. The van der Waals surface area contributed by atoms with E-state index in [1.807, 2.05) is 24.3 Å². The summed E-state index contributed by atoms with van der Waals surface area (Å²) in [5.41, 5.74) is 2.81. The maximum atomic E-state index is 12.9. The molecule has 138 valence electrons. The average molecular weight is 356 g/mol. The van der Waals surface area contributed by atoms with Crippen molar-refractivity contribution in [3.63, 3.8) is 0 Å². The number of halogens is 1. The number of hydrogen-bond donors (Lipinski definition) is 1. The normalized spacial score (nSPS) is 10.7. The molecule has 5 heteroatoms. The summed E-state index contributed by atoms with van der Waals surface area (Å²) in [5.74, 6) is -0.138. The summed E-state index contributed by atoms with van der Waals surface area (Å²) in [6.45, 7) is 6.37. The lowest BCUT2D eigenvalue weighted by Crippen LogP contribution is -2.33. The molecule has 4 nitrogen and oxygen atoms in total. The molecule has 0 saturated carbocycles. The highest BCUT2D eigenvalue weighted by molar-refractivity contribution is 5.92. The van der Waals surface area contributed by atoms with E-state index in [0.29, 0.717) is 19.0 Å². The first-order valence-electron chi connectivity index (χ1n) is 8.76. The van der Waals surface area contributed by atoms with Gasteiger partial charge in [0.2, 0.25) is 11.8 Å². The number of anilines is 1. The molecule has 2 rings (SSSR count). The van der Waals surface area contributed by atoms with Crippen LogP contribution in [0.2, 0.25) is 0 Å². The van der Waals surface area contributed by atoms with Gasteiger partial charge in [0.25, 0.3) is 0 Å². The van der Waals surface area contributed by atoms with Gasteiger partial charge in [0, 0.05) is 32.1 Å². The highest BCUT2D eigenvalue weighted by atomic mass is 19.1. The maximum Gasteiger partial charge on any atom is 0.223 e. The minimum atomic E-state index is -0.305. The number of amides is 2. The van der Waals surface area contributed by atoms with Crippen molar-refractivity contribution < 1.29 is 14.0 Å². The van der Waals surface area contributed by atoms with Gasteiger partial charge < -0.3 is 10.2 Å². The van der Waals surface area contributed by atoms with Crippen LogP contribution in [-0.4, -0.2) is 18.4 Å². The zero-order valence-corrected chi connectivity index (χ0v) is 15.5. The van der Waals surface area contributed by atoms with Gasteiger partial charge in [-0.05, 0) is 41.3 Å². The molecule has 26 heavy (non-hydrogen) atoms. The standard InChI is InChI=1S/C21H25FN2O2/c1-15(2)18-6-10-20(11-7-18)24(16(3)25)13-12-21(26)23-14-17-4-8-19(22)9-5-17/h4-11,15H,12-14H2,1-3H3,(H,23,26). The molecule has 0 radical (unpaired) electrons. The Balaban J connectivity index is 1.90. The number of hydrogen-bond acceptors (Lipinski definition) is 2. The number of carbonyl (C=O) groups excluding carboxylic acids is 2. The molecule has 0 saturated heterocycles. The minimum Gasteiger partial charge on any atom is -0.352 e. The Morgan fingerprint density at radius 2 is 1.65 bits per heavy atom. The van der Waals surface area contributed by atoms with Crippen molar-refractivity contribution in [1.29, 1.82) is 0 Å². The van der Waals surface area contributed by atoms with Gasteiger partial charge in [0.05, 0.1) is 0 Å². The van der Waals surface area contributed by atoms with Gasteiger partial charge in [-0.1, -0.05) is 38.1 Å². The molecule has 0 aliphatic carbocycles. The summed E-state index contributed by atoms with van der Waals surface area (Å²) < 4.78 is 12.9. The molecule has 0 aromatic heterocycles.